The first kappa shape index (κ1) is 15.3. The third-order valence-corrected chi connectivity index (χ3v) is 7.83. The minimum absolute atomic E-state index is 0.573. The molecule has 0 saturated heterocycles. The second-order valence-electron chi connectivity index (χ2n) is 10.0. The normalized spacial score (nSPS) is 32.8. The van der Waals surface area contributed by atoms with Gasteiger partial charge in [-0.05, 0) is 99.8 Å². The van der Waals surface area contributed by atoms with E-state index in [4.69, 9.17) is 0 Å². The maximum absolute atomic E-state index is 2.69. The number of nitrogens with zero attached hydrogens (tertiary/aromatic N) is 1. The van der Waals surface area contributed by atoms with Crippen molar-refractivity contribution >= 4 is 21.8 Å². The van der Waals surface area contributed by atoms with E-state index in [2.05, 4.69) is 54.8 Å². The van der Waals surface area contributed by atoms with E-state index in [9.17, 15) is 0 Å². The highest BCUT2D eigenvalue weighted by atomic mass is 15.0. The molecular formula is C25H29N. The van der Waals surface area contributed by atoms with Crippen LogP contribution in [0.4, 0.5) is 0 Å². The molecule has 0 atom stereocenters. The number of hydrogen-bond acceptors (Lipinski definition) is 0. The SMILES string of the molecule is Cc1ccc2c(c1)c1cc(C)ccc1n2CC12CC3CC(CC(C3)C1)C2. The highest BCUT2D eigenvalue weighted by Gasteiger charge is 2.51. The number of aromatic nitrogens is 1. The molecule has 4 aliphatic carbocycles. The zero-order valence-corrected chi connectivity index (χ0v) is 16.1. The maximum Gasteiger partial charge on any atom is 0.0491 e. The van der Waals surface area contributed by atoms with E-state index in [1.165, 1.54) is 78.0 Å². The Bertz CT molecular complexity index is 927. The van der Waals surface area contributed by atoms with E-state index in [1.54, 1.807) is 0 Å². The second-order valence-corrected chi connectivity index (χ2v) is 10.0. The number of rotatable bonds is 2. The van der Waals surface area contributed by atoms with Crippen LogP contribution in [-0.4, -0.2) is 4.57 Å². The molecule has 26 heavy (non-hydrogen) atoms. The van der Waals surface area contributed by atoms with Crippen LogP contribution in [-0.2, 0) is 6.54 Å². The summed E-state index contributed by atoms with van der Waals surface area (Å²) in [6.07, 6.45) is 9.05. The topological polar surface area (TPSA) is 4.93 Å². The summed E-state index contributed by atoms with van der Waals surface area (Å²) in [7, 11) is 0. The molecule has 4 aliphatic rings. The molecule has 0 amide bonds. The Hall–Kier alpha value is -1.76. The molecule has 0 aliphatic heterocycles. The van der Waals surface area contributed by atoms with E-state index in [1.807, 2.05) is 0 Å². The lowest BCUT2D eigenvalue weighted by molar-refractivity contribution is -0.0607. The van der Waals surface area contributed by atoms with Gasteiger partial charge in [0.1, 0.15) is 0 Å². The van der Waals surface area contributed by atoms with Crippen molar-refractivity contribution in [3.05, 3.63) is 47.5 Å². The van der Waals surface area contributed by atoms with Gasteiger partial charge in [-0.2, -0.15) is 0 Å². The van der Waals surface area contributed by atoms with Crippen LogP contribution in [0.15, 0.2) is 36.4 Å². The highest BCUT2D eigenvalue weighted by molar-refractivity contribution is 6.08. The number of fused-ring (bicyclic) bond motifs is 3. The minimum atomic E-state index is 0.573. The van der Waals surface area contributed by atoms with Gasteiger partial charge in [0.2, 0.25) is 0 Å². The molecule has 4 bridgehead atoms. The Labute approximate surface area is 156 Å². The molecule has 4 fully saturated rings. The number of hydrogen-bond donors (Lipinski definition) is 0. The summed E-state index contributed by atoms with van der Waals surface area (Å²) in [6, 6.07) is 14.1. The van der Waals surface area contributed by atoms with Crippen LogP contribution in [0.1, 0.15) is 49.7 Å². The molecule has 2 aromatic carbocycles. The van der Waals surface area contributed by atoms with Crippen LogP contribution in [0.25, 0.3) is 21.8 Å². The lowest BCUT2D eigenvalue weighted by atomic mass is 9.49. The Morgan fingerprint density at radius 1 is 0.769 bits per heavy atom. The monoisotopic (exact) mass is 343 g/mol. The fraction of sp³-hybridized carbons (Fsp3) is 0.520. The third-order valence-electron chi connectivity index (χ3n) is 7.83. The lowest BCUT2D eigenvalue weighted by Gasteiger charge is -2.57. The minimum Gasteiger partial charge on any atom is -0.340 e. The Morgan fingerprint density at radius 3 is 1.69 bits per heavy atom. The Kier molecular flexibility index (Phi) is 3.03. The predicted molar refractivity (Wildman–Crippen MR) is 110 cm³/mol. The molecule has 0 N–H and O–H groups in total. The van der Waals surface area contributed by atoms with Gasteiger partial charge in [0.05, 0.1) is 0 Å². The van der Waals surface area contributed by atoms with E-state index in [-0.39, 0.29) is 0 Å². The van der Waals surface area contributed by atoms with Gasteiger partial charge in [0.15, 0.2) is 0 Å². The van der Waals surface area contributed by atoms with Crippen molar-refractivity contribution in [2.24, 2.45) is 23.2 Å². The van der Waals surface area contributed by atoms with Crippen molar-refractivity contribution in [1.29, 1.82) is 0 Å². The average Bonchev–Trinajstić information content (AvgIpc) is 2.86. The quantitative estimate of drug-likeness (QED) is 0.492. The fourth-order valence-electron chi connectivity index (χ4n) is 7.32. The smallest absolute Gasteiger partial charge is 0.0491 e. The van der Waals surface area contributed by atoms with Crippen molar-refractivity contribution in [3.63, 3.8) is 0 Å². The molecule has 7 rings (SSSR count). The predicted octanol–water partition coefficient (Wildman–Crippen LogP) is 6.63. The summed E-state index contributed by atoms with van der Waals surface area (Å²) in [5, 5.41) is 2.90. The van der Waals surface area contributed by atoms with Gasteiger partial charge in [-0.15, -0.1) is 0 Å². The zero-order chi connectivity index (χ0) is 17.5. The molecule has 134 valence electrons. The molecule has 4 saturated carbocycles. The van der Waals surface area contributed by atoms with Crippen LogP contribution in [0.2, 0.25) is 0 Å². The van der Waals surface area contributed by atoms with Crippen molar-refractivity contribution in [2.75, 3.05) is 0 Å². The van der Waals surface area contributed by atoms with Gasteiger partial charge >= 0.3 is 0 Å². The van der Waals surface area contributed by atoms with E-state index < -0.39 is 0 Å². The standard InChI is InChI=1S/C25H29N/c1-16-3-5-23-21(7-16)22-8-17(2)4-6-24(22)26(23)15-25-12-18-9-19(13-25)11-20(10-18)14-25/h3-8,18-20H,9-15H2,1-2H3. The van der Waals surface area contributed by atoms with Gasteiger partial charge in [-0.25, -0.2) is 0 Å². The first-order valence-electron chi connectivity index (χ1n) is 10.6. The van der Waals surface area contributed by atoms with Crippen molar-refractivity contribution in [2.45, 2.75) is 58.9 Å². The van der Waals surface area contributed by atoms with Gasteiger partial charge in [-0.1, -0.05) is 23.3 Å². The summed E-state index contributed by atoms with van der Waals surface area (Å²) in [4.78, 5) is 0. The molecule has 1 heteroatoms. The van der Waals surface area contributed by atoms with Crippen LogP contribution in [0.3, 0.4) is 0 Å². The lowest BCUT2D eigenvalue weighted by Crippen LogP contribution is -2.47. The van der Waals surface area contributed by atoms with Crippen LogP contribution in [0, 0.1) is 37.0 Å². The van der Waals surface area contributed by atoms with Crippen molar-refractivity contribution in [3.8, 4) is 0 Å². The zero-order valence-electron chi connectivity index (χ0n) is 16.1. The van der Waals surface area contributed by atoms with Gasteiger partial charge in [-0.3, -0.25) is 0 Å². The fourth-order valence-corrected chi connectivity index (χ4v) is 7.32. The molecule has 1 nitrogen and oxygen atoms in total. The van der Waals surface area contributed by atoms with Crippen molar-refractivity contribution in [1.82, 2.24) is 4.57 Å². The molecular weight excluding hydrogens is 314 g/mol. The summed E-state index contributed by atoms with van der Waals surface area (Å²) >= 11 is 0. The second kappa shape index (κ2) is 5.15. The summed E-state index contributed by atoms with van der Waals surface area (Å²) in [5.74, 6) is 3.08. The molecule has 1 heterocycles. The third kappa shape index (κ3) is 2.15. The molecule has 0 unspecified atom stereocenters. The largest absolute Gasteiger partial charge is 0.340 e. The first-order valence-corrected chi connectivity index (χ1v) is 10.6. The van der Waals surface area contributed by atoms with Gasteiger partial charge < -0.3 is 4.57 Å². The van der Waals surface area contributed by atoms with E-state index >= 15 is 0 Å². The summed E-state index contributed by atoms with van der Waals surface area (Å²) in [5.41, 5.74) is 6.21. The van der Waals surface area contributed by atoms with E-state index in [0.717, 1.165) is 17.8 Å². The number of aryl methyl sites for hydroxylation is 2. The van der Waals surface area contributed by atoms with Crippen LogP contribution >= 0.6 is 0 Å². The van der Waals surface area contributed by atoms with E-state index in [0.29, 0.717) is 5.41 Å². The molecule has 1 aromatic heterocycles. The summed E-state index contributed by atoms with van der Waals surface area (Å²) in [6.45, 7) is 5.68. The maximum atomic E-state index is 2.69. The first-order chi connectivity index (χ1) is 12.6. The van der Waals surface area contributed by atoms with Crippen molar-refractivity contribution < 1.29 is 0 Å². The Morgan fingerprint density at radius 2 is 1.23 bits per heavy atom. The molecule has 3 aromatic rings. The molecule has 0 radical (unpaired) electrons. The summed E-state index contributed by atoms with van der Waals surface area (Å²) < 4.78 is 2.69. The number of benzene rings is 2. The highest BCUT2D eigenvalue weighted by Crippen LogP contribution is 2.60. The van der Waals surface area contributed by atoms with Crippen LogP contribution < -0.4 is 0 Å². The molecule has 0 spiro atoms. The van der Waals surface area contributed by atoms with Gasteiger partial charge in [0, 0.05) is 28.4 Å². The van der Waals surface area contributed by atoms with Crippen LogP contribution in [0.5, 0.6) is 0 Å². The Balaban J connectivity index is 1.53. The average molecular weight is 344 g/mol. The van der Waals surface area contributed by atoms with Gasteiger partial charge in [0.25, 0.3) is 0 Å².